The minimum Gasteiger partial charge on any atom is -0.375 e. The monoisotopic (exact) mass is 185 g/mol. The minimum absolute atomic E-state index is 0.345. The molecule has 0 bridgehead atoms. The van der Waals surface area contributed by atoms with E-state index in [2.05, 4.69) is 13.8 Å². The topological polar surface area (TPSA) is 35.2 Å². The summed E-state index contributed by atoms with van der Waals surface area (Å²) in [6.07, 6.45) is 7.24. The predicted octanol–water partition coefficient (Wildman–Crippen LogP) is 2.32. The normalized spacial score (nSPS) is 30.5. The van der Waals surface area contributed by atoms with E-state index in [4.69, 9.17) is 10.5 Å². The van der Waals surface area contributed by atoms with Crippen LogP contribution in [0.4, 0.5) is 0 Å². The summed E-state index contributed by atoms with van der Waals surface area (Å²) in [4.78, 5) is 0. The molecule has 0 aromatic heterocycles. The number of rotatable bonds is 3. The van der Waals surface area contributed by atoms with Crippen molar-refractivity contribution in [2.24, 2.45) is 11.7 Å². The molecule has 0 radical (unpaired) electrons. The lowest BCUT2D eigenvalue weighted by molar-refractivity contribution is -0.0275. The van der Waals surface area contributed by atoms with Crippen LogP contribution in [0.25, 0.3) is 0 Å². The Morgan fingerprint density at radius 1 is 1.23 bits per heavy atom. The van der Waals surface area contributed by atoms with E-state index in [1.807, 2.05) is 0 Å². The van der Waals surface area contributed by atoms with Gasteiger partial charge in [0.2, 0.25) is 0 Å². The van der Waals surface area contributed by atoms with Crippen LogP contribution < -0.4 is 5.73 Å². The van der Waals surface area contributed by atoms with Gasteiger partial charge in [0.15, 0.2) is 0 Å². The summed E-state index contributed by atoms with van der Waals surface area (Å²) in [6, 6.07) is 0. The van der Waals surface area contributed by atoms with Crippen molar-refractivity contribution >= 4 is 0 Å². The van der Waals surface area contributed by atoms with E-state index in [0.717, 1.165) is 6.54 Å². The smallest absolute Gasteiger partial charge is 0.0618 e. The molecule has 0 saturated heterocycles. The third-order valence-corrected chi connectivity index (χ3v) is 2.84. The molecule has 0 aromatic rings. The zero-order chi connectivity index (χ0) is 9.68. The van der Waals surface area contributed by atoms with Gasteiger partial charge in [-0.2, -0.15) is 0 Å². The molecule has 2 unspecified atom stereocenters. The molecule has 78 valence electrons. The Morgan fingerprint density at radius 3 is 2.54 bits per heavy atom. The maximum atomic E-state index is 5.89. The summed E-state index contributed by atoms with van der Waals surface area (Å²) in [5.74, 6) is 0.602. The van der Waals surface area contributed by atoms with Crippen molar-refractivity contribution in [3.05, 3.63) is 0 Å². The maximum Gasteiger partial charge on any atom is 0.0618 e. The van der Waals surface area contributed by atoms with Crippen LogP contribution in [0.15, 0.2) is 0 Å². The summed E-state index contributed by atoms with van der Waals surface area (Å²) in [5.41, 5.74) is 5.76. The average Bonchev–Trinajstić information content (AvgIpc) is 2.28. The zero-order valence-corrected chi connectivity index (χ0v) is 8.96. The molecule has 0 heterocycles. The molecule has 1 fully saturated rings. The standard InChI is InChI=1S/C11H23NO/c1-9(2)13-11-7-5-3-4-6-10(11)8-12/h9-11H,3-8,12H2,1-2H3. The van der Waals surface area contributed by atoms with Crippen LogP contribution in [0.2, 0.25) is 0 Å². The van der Waals surface area contributed by atoms with E-state index in [1.165, 1.54) is 32.1 Å². The Labute approximate surface area is 81.8 Å². The van der Waals surface area contributed by atoms with Crippen molar-refractivity contribution in [1.29, 1.82) is 0 Å². The first-order valence-electron chi connectivity index (χ1n) is 5.59. The van der Waals surface area contributed by atoms with E-state index in [9.17, 15) is 0 Å². The van der Waals surface area contributed by atoms with Gasteiger partial charge in [-0.05, 0) is 39.2 Å². The fraction of sp³-hybridized carbons (Fsp3) is 1.00. The third kappa shape index (κ3) is 3.65. The molecule has 0 aliphatic heterocycles. The molecule has 13 heavy (non-hydrogen) atoms. The van der Waals surface area contributed by atoms with E-state index in [-0.39, 0.29) is 0 Å². The summed E-state index contributed by atoms with van der Waals surface area (Å²) in [7, 11) is 0. The number of hydrogen-bond acceptors (Lipinski definition) is 2. The minimum atomic E-state index is 0.345. The van der Waals surface area contributed by atoms with Crippen LogP contribution in [-0.4, -0.2) is 18.8 Å². The zero-order valence-electron chi connectivity index (χ0n) is 8.96. The Bertz CT molecular complexity index is 136. The molecule has 0 amide bonds. The first kappa shape index (κ1) is 11.0. The Kier molecular flexibility index (Phi) is 4.74. The molecule has 1 aliphatic rings. The number of ether oxygens (including phenoxy) is 1. The van der Waals surface area contributed by atoms with Crippen LogP contribution in [0, 0.1) is 5.92 Å². The molecular formula is C11H23NO. The van der Waals surface area contributed by atoms with E-state index >= 15 is 0 Å². The average molecular weight is 185 g/mol. The van der Waals surface area contributed by atoms with Crippen LogP contribution in [0.3, 0.4) is 0 Å². The van der Waals surface area contributed by atoms with Gasteiger partial charge in [0.05, 0.1) is 12.2 Å². The Morgan fingerprint density at radius 2 is 1.92 bits per heavy atom. The van der Waals surface area contributed by atoms with Crippen molar-refractivity contribution in [3.8, 4) is 0 Å². The predicted molar refractivity (Wildman–Crippen MR) is 55.6 cm³/mol. The van der Waals surface area contributed by atoms with Crippen LogP contribution in [0.5, 0.6) is 0 Å². The van der Waals surface area contributed by atoms with E-state index in [0.29, 0.717) is 18.1 Å². The Hall–Kier alpha value is -0.0800. The highest BCUT2D eigenvalue weighted by Crippen LogP contribution is 2.25. The lowest BCUT2D eigenvalue weighted by Crippen LogP contribution is -2.31. The van der Waals surface area contributed by atoms with Gasteiger partial charge in [-0.25, -0.2) is 0 Å². The summed E-state index contributed by atoms with van der Waals surface area (Å²) in [5, 5.41) is 0. The van der Waals surface area contributed by atoms with Gasteiger partial charge in [-0.3, -0.25) is 0 Å². The fourth-order valence-electron chi connectivity index (χ4n) is 2.15. The fourth-order valence-corrected chi connectivity index (χ4v) is 2.15. The van der Waals surface area contributed by atoms with Gasteiger partial charge in [0.1, 0.15) is 0 Å². The molecular weight excluding hydrogens is 162 g/mol. The second-order valence-electron chi connectivity index (χ2n) is 4.36. The molecule has 1 aliphatic carbocycles. The highest BCUT2D eigenvalue weighted by Gasteiger charge is 2.23. The van der Waals surface area contributed by atoms with Crippen molar-refractivity contribution in [3.63, 3.8) is 0 Å². The summed E-state index contributed by atoms with van der Waals surface area (Å²) < 4.78 is 5.89. The van der Waals surface area contributed by atoms with Crippen molar-refractivity contribution in [2.75, 3.05) is 6.54 Å². The molecule has 2 N–H and O–H groups in total. The van der Waals surface area contributed by atoms with Gasteiger partial charge >= 0.3 is 0 Å². The van der Waals surface area contributed by atoms with Crippen molar-refractivity contribution in [1.82, 2.24) is 0 Å². The van der Waals surface area contributed by atoms with Crippen LogP contribution >= 0.6 is 0 Å². The van der Waals surface area contributed by atoms with Gasteiger partial charge in [-0.15, -0.1) is 0 Å². The molecule has 1 rings (SSSR count). The Balaban J connectivity index is 2.44. The third-order valence-electron chi connectivity index (χ3n) is 2.84. The van der Waals surface area contributed by atoms with E-state index in [1.54, 1.807) is 0 Å². The first-order chi connectivity index (χ1) is 6.24. The molecule has 0 aromatic carbocycles. The molecule has 1 saturated carbocycles. The molecule has 2 nitrogen and oxygen atoms in total. The van der Waals surface area contributed by atoms with Gasteiger partial charge < -0.3 is 10.5 Å². The highest BCUT2D eigenvalue weighted by atomic mass is 16.5. The van der Waals surface area contributed by atoms with Gasteiger partial charge in [0.25, 0.3) is 0 Å². The number of nitrogens with two attached hydrogens (primary N) is 1. The molecule has 2 heteroatoms. The first-order valence-corrected chi connectivity index (χ1v) is 5.59. The van der Waals surface area contributed by atoms with Gasteiger partial charge in [-0.1, -0.05) is 19.3 Å². The van der Waals surface area contributed by atoms with Crippen LogP contribution in [-0.2, 0) is 4.74 Å². The molecule has 0 spiro atoms. The quantitative estimate of drug-likeness (QED) is 0.685. The van der Waals surface area contributed by atoms with E-state index < -0.39 is 0 Å². The van der Waals surface area contributed by atoms with Crippen molar-refractivity contribution in [2.45, 2.75) is 58.2 Å². The van der Waals surface area contributed by atoms with Gasteiger partial charge in [0, 0.05) is 0 Å². The highest BCUT2D eigenvalue weighted by molar-refractivity contribution is 4.75. The van der Waals surface area contributed by atoms with Crippen molar-refractivity contribution < 1.29 is 4.74 Å². The second-order valence-corrected chi connectivity index (χ2v) is 4.36. The molecule has 2 atom stereocenters. The summed E-state index contributed by atoms with van der Waals surface area (Å²) in [6.45, 7) is 5.01. The lowest BCUT2D eigenvalue weighted by atomic mass is 9.97. The maximum absolute atomic E-state index is 5.89. The SMILES string of the molecule is CC(C)OC1CCCCCC1CN. The summed E-state index contributed by atoms with van der Waals surface area (Å²) >= 11 is 0. The number of hydrogen-bond donors (Lipinski definition) is 1. The second kappa shape index (κ2) is 5.61. The largest absolute Gasteiger partial charge is 0.375 e. The lowest BCUT2D eigenvalue weighted by Gasteiger charge is -2.26. The van der Waals surface area contributed by atoms with Crippen LogP contribution in [0.1, 0.15) is 46.0 Å².